The molecule has 0 aromatic carbocycles. The number of pyridine rings is 1. The summed E-state index contributed by atoms with van der Waals surface area (Å²) < 4.78 is 0. The van der Waals surface area contributed by atoms with Crippen LogP contribution in [0.4, 0.5) is 17.3 Å². The Kier molecular flexibility index (Phi) is 4.19. The molecule has 0 aliphatic carbocycles. The van der Waals surface area contributed by atoms with Crippen LogP contribution in [0.2, 0.25) is 0 Å². The fourth-order valence-corrected chi connectivity index (χ4v) is 2.39. The third-order valence-corrected chi connectivity index (χ3v) is 3.60. The Hall–Kier alpha value is -1.85. The van der Waals surface area contributed by atoms with Gasteiger partial charge in [0.1, 0.15) is 11.6 Å². The van der Waals surface area contributed by atoms with Gasteiger partial charge in [-0.1, -0.05) is 6.92 Å². The minimum Gasteiger partial charge on any atom is -0.373 e. The summed E-state index contributed by atoms with van der Waals surface area (Å²) in [7, 11) is 1.72. The molecule has 0 amide bonds. The maximum atomic E-state index is 11.0. The number of nitro groups is 1. The second-order valence-corrected chi connectivity index (χ2v) is 5.10. The highest BCUT2D eigenvalue weighted by atomic mass is 16.6. The maximum absolute atomic E-state index is 11.0. The van der Waals surface area contributed by atoms with Gasteiger partial charge in [0, 0.05) is 20.1 Å². The van der Waals surface area contributed by atoms with E-state index in [4.69, 9.17) is 0 Å². The van der Waals surface area contributed by atoms with Crippen LogP contribution in [-0.4, -0.2) is 30.0 Å². The maximum Gasteiger partial charge on any atom is 0.276 e. The van der Waals surface area contributed by atoms with Crippen molar-refractivity contribution in [1.29, 1.82) is 0 Å². The second kappa shape index (κ2) is 5.86. The van der Waals surface area contributed by atoms with Crippen LogP contribution in [0.15, 0.2) is 12.1 Å². The molecule has 1 atom stereocenters. The molecule has 2 heterocycles. The lowest BCUT2D eigenvalue weighted by Crippen LogP contribution is -2.25. The largest absolute Gasteiger partial charge is 0.373 e. The number of nitrogens with zero attached hydrogens (tertiary/aromatic N) is 3. The minimum atomic E-state index is -0.369. The molecule has 104 valence electrons. The summed E-state index contributed by atoms with van der Waals surface area (Å²) >= 11 is 0. The molecule has 0 spiro atoms. The van der Waals surface area contributed by atoms with Crippen molar-refractivity contribution in [3.63, 3.8) is 0 Å². The molecule has 1 saturated heterocycles. The normalized spacial score (nSPS) is 19.9. The molecule has 0 radical (unpaired) electrons. The zero-order chi connectivity index (χ0) is 13.8. The molecule has 0 saturated carbocycles. The molecule has 1 aromatic rings. The van der Waals surface area contributed by atoms with Crippen molar-refractivity contribution < 1.29 is 4.92 Å². The van der Waals surface area contributed by atoms with Crippen LogP contribution in [0.1, 0.15) is 26.2 Å². The Bertz CT molecular complexity index is 464. The molecule has 1 aliphatic rings. The fraction of sp³-hybridized carbons (Fsp3) is 0.615. The first-order valence-corrected chi connectivity index (χ1v) is 6.69. The van der Waals surface area contributed by atoms with Crippen LogP contribution >= 0.6 is 0 Å². The zero-order valence-electron chi connectivity index (χ0n) is 11.4. The lowest BCUT2D eigenvalue weighted by molar-refractivity contribution is -0.384. The Morgan fingerprint density at radius 3 is 2.89 bits per heavy atom. The Balaban J connectivity index is 2.27. The van der Waals surface area contributed by atoms with Crippen molar-refractivity contribution in [3.8, 4) is 0 Å². The molecule has 6 nitrogen and oxygen atoms in total. The van der Waals surface area contributed by atoms with Gasteiger partial charge in [-0.25, -0.2) is 4.98 Å². The lowest BCUT2D eigenvalue weighted by atomic mass is 10.0. The molecule has 1 fully saturated rings. The van der Waals surface area contributed by atoms with Gasteiger partial charge in [-0.2, -0.15) is 0 Å². The van der Waals surface area contributed by atoms with Gasteiger partial charge >= 0.3 is 0 Å². The highest BCUT2D eigenvalue weighted by Gasteiger charge is 2.18. The topological polar surface area (TPSA) is 71.3 Å². The van der Waals surface area contributed by atoms with Crippen LogP contribution in [-0.2, 0) is 0 Å². The lowest BCUT2D eigenvalue weighted by Gasteiger charge is -2.21. The van der Waals surface area contributed by atoms with Gasteiger partial charge < -0.3 is 10.2 Å². The predicted octanol–water partition coefficient (Wildman–Crippen LogP) is 2.66. The number of hydrogen-bond acceptors (Lipinski definition) is 5. The number of aromatic nitrogens is 1. The SMILES string of the molecule is CNc1cc([N+](=O)[O-])cc(N2CCCC(C)CC2)n1. The molecule has 6 heteroatoms. The van der Waals surface area contributed by atoms with E-state index in [-0.39, 0.29) is 10.6 Å². The smallest absolute Gasteiger partial charge is 0.276 e. The van der Waals surface area contributed by atoms with E-state index >= 15 is 0 Å². The van der Waals surface area contributed by atoms with Gasteiger partial charge in [-0.05, 0) is 25.2 Å². The van der Waals surface area contributed by atoms with Crippen molar-refractivity contribution >= 4 is 17.3 Å². The summed E-state index contributed by atoms with van der Waals surface area (Å²) in [5.74, 6) is 1.96. The van der Waals surface area contributed by atoms with E-state index in [1.165, 1.54) is 12.5 Å². The van der Waals surface area contributed by atoms with Gasteiger partial charge in [0.05, 0.1) is 17.1 Å². The van der Waals surface area contributed by atoms with Crippen LogP contribution in [0.3, 0.4) is 0 Å². The van der Waals surface area contributed by atoms with E-state index in [9.17, 15) is 10.1 Å². The van der Waals surface area contributed by atoms with E-state index in [1.807, 2.05) is 0 Å². The summed E-state index contributed by atoms with van der Waals surface area (Å²) in [4.78, 5) is 17.2. The number of nitrogens with one attached hydrogen (secondary N) is 1. The van der Waals surface area contributed by atoms with Gasteiger partial charge in [0.25, 0.3) is 5.69 Å². The van der Waals surface area contributed by atoms with Crippen molar-refractivity contribution in [2.75, 3.05) is 30.4 Å². The highest BCUT2D eigenvalue weighted by Crippen LogP contribution is 2.26. The molecule has 0 bridgehead atoms. The van der Waals surface area contributed by atoms with Gasteiger partial charge in [-0.15, -0.1) is 0 Å². The monoisotopic (exact) mass is 264 g/mol. The summed E-state index contributed by atoms with van der Waals surface area (Å²) in [5, 5.41) is 13.8. The zero-order valence-corrected chi connectivity index (χ0v) is 11.4. The van der Waals surface area contributed by atoms with Gasteiger partial charge in [0.2, 0.25) is 0 Å². The first-order chi connectivity index (χ1) is 9.10. The Morgan fingerprint density at radius 2 is 2.21 bits per heavy atom. The van der Waals surface area contributed by atoms with E-state index < -0.39 is 0 Å². The first kappa shape index (κ1) is 13.6. The molecule has 1 aromatic heterocycles. The highest BCUT2D eigenvalue weighted by molar-refractivity contribution is 5.55. The van der Waals surface area contributed by atoms with Crippen LogP contribution < -0.4 is 10.2 Å². The van der Waals surface area contributed by atoms with E-state index in [0.717, 1.165) is 25.9 Å². The van der Waals surface area contributed by atoms with Gasteiger partial charge in [-0.3, -0.25) is 10.1 Å². The third kappa shape index (κ3) is 3.33. The van der Waals surface area contributed by atoms with Crippen LogP contribution in [0.25, 0.3) is 0 Å². The molecule has 19 heavy (non-hydrogen) atoms. The van der Waals surface area contributed by atoms with Crippen LogP contribution in [0.5, 0.6) is 0 Å². The predicted molar refractivity (Wildman–Crippen MR) is 75.7 cm³/mol. The second-order valence-electron chi connectivity index (χ2n) is 5.10. The van der Waals surface area contributed by atoms with E-state index in [0.29, 0.717) is 17.6 Å². The number of hydrogen-bond donors (Lipinski definition) is 1. The van der Waals surface area contributed by atoms with Crippen molar-refractivity contribution in [2.24, 2.45) is 5.92 Å². The Morgan fingerprint density at radius 1 is 1.42 bits per heavy atom. The minimum absolute atomic E-state index is 0.0895. The van der Waals surface area contributed by atoms with Crippen molar-refractivity contribution in [1.82, 2.24) is 4.98 Å². The number of rotatable bonds is 3. The van der Waals surface area contributed by atoms with E-state index in [2.05, 4.69) is 22.1 Å². The van der Waals surface area contributed by atoms with Crippen molar-refractivity contribution in [2.45, 2.75) is 26.2 Å². The molecule has 1 unspecified atom stereocenters. The third-order valence-electron chi connectivity index (χ3n) is 3.60. The summed E-state index contributed by atoms with van der Waals surface area (Å²) in [6.45, 7) is 4.09. The molecule has 2 rings (SSSR count). The average Bonchev–Trinajstić information content (AvgIpc) is 2.63. The standard InChI is InChI=1S/C13H20N4O2/c1-10-4-3-6-16(7-5-10)13-9-11(17(18)19)8-12(14-2)15-13/h8-10H,3-7H2,1-2H3,(H,14,15). The molecular weight excluding hydrogens is 244 g/mol. The summed E-state index contributed by atoms with van der Waals surface area (Å²) in [5.41, 5.74) is 0.0895. The molecular formula is C13H20N4O2. The average molecular weight is 264 g/mol. The Labute approximate surface area is 113 Å². The molecule has 1 N–H and O–H groups in total. The first-order valence-electron chi connectivity index (χ1n) is 6.69. The fourth-order valence-electron chi connectivity index (χ4n) is 2.39. The van der Waals surface area contributed by atoms with Gasteiger partial charge in [0.15, 0.2) is 0 Å². The number of anilines is 2. The summed E-state index contributed by atoms with van der Waals surface area (Å²) in [6, 6.07) is 3.03. The van der Waals surface area contributed by atoms with Crippen LogP contribution in [0, 0.1) is 16.0 Å². The van der Waals surface area contributed by atoms with Crippen molar-refractivity contribution in [3.05, 3.63) is 22.2 Å². The summed E-state index contributed by atoms with van der Waals surface area (Å²) in [6.07, 6.45) is 3.43. The van der Waals surface area contributed by atoms with E-state index in [1.54, 1.807) is 13.1 Å². The molecule has 1 aliphatic heterocycles. The quantitative estimate of drug-likeness (QED) is 0.671.